The van der Waals surface area contributed by atoms with Crippen molar-refractivity contribution in [3.63, 3.8) is 0 Å². The molecule has 0 spiro atoms. The second-order valence-corrected chi connectivity index (χ2v) is 6.72. The molecular weight excluding hydrogens is 294 g/mol. The molecule has 0 bridgehead atoms. The van der Waals surface area contributed by atoms with Crippen LogP contribution in [0.15, 0.2) is 56.2 Å². The third kappa shape index (κ3) is 2.25. The highest BCUT2D eigenvalue weighted by Crippen LogP contribution is 2.26. The third-order valence-corrected chi connectivity index (χ3v) is 4.95. The number of sulfonamides is 1. The van der Waals surface area contributed by atoms with Crippen molar-refractivity contribution in [3.05, 3.63) is 52.2 Å². The van der Waals surface area contributed by atoms with Crippen LogP contribution in [-0.2, 0) is 10.0 Å². The molecular formula is C13H11N3O2S2. The Bertz CT molecular complexity index is 793. The Morgan fingerprint density at radius 1 is 1.25 bits per heavy atom. The van der Waals surface area contributed by atoms with Gasteiger partial charge in [-0.15, -0.1) is 15.7 Å². The van der Waals surface area contributed by atoms with Crippen molar-refractivity contribution in [2.75, 3.05) is 7.05 Å². The molecule has 3 rings (SSSR count). The van der Waals surface area contributed by atoms with E-state index in [1.807, 2.05) is 17.5 Å². The summed E-state index contributed by atoms with van der Waals surface area (Å²) in [7, 11) is -1.92. The van der Waals surface area contributed by atoms with Gasteiger partial charge in [-0.25, -0.2) is 5.01 Å². The zero-order valence-corrected chi connectivity index (χ0v) is 12.2. The lowest BCUT2D eigenvalue weighted by atomic mass is 10.2. The zero-order valence-electron chi connectivity index (χ0n) is 10.6. The van der Waals surface area contributed by atoms with E-state index >= 15 is 0 Å². The fraction of sp³-hybridized carbons (Fsp3) is 0.0769. The Hall–Kier alpha value is -1.99. The van der Waals surface area contributed by atoms with E-state index in [9.17, 15) is 8.42 Å². The van der Waals surface area contributed by atoms with E-state index < -0.39 is 10.0 Å². The molecule has 102 valence electrons. The summed E-state index contributed by atoms with van der Waals surface area (Å²) in [6.45, 7) is 0. The molecule has 0 amide bonds. The van der Waals surface area contributed by atoms with Gasteiger partial charge in [0.1, 0.15) is 4.90 Å². The number of amidine groups is 1. The first kappa shape index (κ1) is 13.0. The topological polar surface area (TPSA) is 62.1 Å². The Kier molecular flexibility index (Phi) is 3.15. The van der Waals surface area contributed by atoms with Crippen LogP contribution in [0, 0.1) is 0 Å². The van der Waals surface area contributed by atoms with E-state index in [-0.39, 0.29) is 4.90 Å². The summed E-state index contributed by atoms with van der Waals surface area (Å²) in [5.41, 5.74) is 0.582. The predicted octanol–water partition coefficient (Wildman–Crippen LogP) is 2.16. The van der Waals surface area contributed by atoms with Crippen LogP contribution in [0.2, 0.25) is 0 Å². The quantitative estimate of drug-likeness (QED) is 0.631. The van der Waals surface area contributed by atoms with Crippen LogP contribution in [-0.4, -0.2) is 32.5 Å². The molecule has 0 saturated carbocycles. The normalized spacial score (nSPS) is 16.1. The standard InChI is InChI=1S/C13H11N3O2S2/c1-16(14-9-10-5-4-8-19-10)13-11-6-2-3-7-12(11)20(17,18)15-13/h2-9H,1H3/b14-9-. The molecule has 0 unspecified atom stereocenters. The summed E-state index contributed by atoms with van der Waals surface area (Å²) in [4.78, 5) is 1.22. The van der Waals surface area contributed by atoms with Gasteiger partial charge in [-0.3, -0.25) is 0 Å². The minimum absolute atomic E-state index is 0.230. The number of nitrogens with zero attached hydrogens (tertiary/aromatic N) is 3. The highest BCUT2D eigenvalue weighted by Gasteiger charge is 2.30. The van der Waals surface area contributed by atoms with Crippen molar-refractivity contribution < 1.29 is 8.42 Å². The largest absolute Gasteiger partial charge is 0.285 e. The molecule has 0 saturated heterocycles. The SMILES string of the molecule is CN(/N=C\c1cccs1)C1=NS(=O)(=O)c2ccccc21. The number of hydrazone groups is 1. The molecule has 5 nitrogen and oxygen atoms in total. The van der Waals surface area contributed by atoms with Crippen molar-refractivity contribution >= 4 is 33.4 Å². The van der Waals surface area contributed by atoms with Gasteiger partial charge >= 0.3 is 0 Å². The average molecular weight is 305 g/mol. The summed E-state index contributed by atoms with van der Waals surface area (Å²) in [5.74, 6) is 0.341. The smallest absolute Gasteiger partial charge is 0.250 e. The predicted molar refractivity (Wildman–Crippen MR) is 79.8 cm³/mol. The highest BCUT2D eigenvalue weighted by atomic mass is 32.2. The van der Waals surface area contributed by atoms with Crippen LogP contribution in [0.3, 0.4) is 0 Å². The molecule has 1 aliphatic rings. The van der Waals surface area contributed by atoms with Crippen LogP contribution in [0.5, 0.6) is 0 Å². The molecule has 1 aromatic heterocycles. The molecule has 7 heteroatoms. The lowest BCUT2D eigenvalue weighted by Crippen LogP contribution is -2.21. The van der Waals surface area contributed by atoms with Gasteiger partial charge in [0.05, 0.1) is 6.21 Å². The monoisotopic (exact) mass is 305 g/mol. The van der Waals surface area contributed by atoms with Gasteiger partial charge in [-0.05, 0) is 23.6 Å². The maximum absolute atomic E-state index is 11.9. The zero-order chi connectivity index (χ0) is 14.2. The number of thiophene rings is 1. The van der Waals surface area contributed by atoms with Crippen molar-refractivity contribution in [1.82, 2.24) is 5.01 Å². The second-order valence-electron chi connectivity index (χ2n) is 4.17. The summed E-state index contributed by atoms with van der Waals surface area (Å²) in [5, 5.41) is 7.66. The number of hydrogen-bond acceptors (Lipinski definition) is 5. The molecule has 2 heterocycles. The Balaban J connectivity index is 1.95. The Labute approximate surface area is 120 Å². The van der Waals surface area contributed by atoms with Crippen molar-refractivity contribution in [2.45, 2.75) is 4.90 Å². The number of hydrogen-bond donors (Lipinski definition) is 0. The lowest BCUT2D eigenvalue weighted by Gasteiger charge is -2.11. The lowest BCUT2D eigenvalue weighted by molar-refractivity contribution is 0.549. The molecule has 0 radical (unpaired) electrons. The highest BCUT2D eigenvalue weighted by molar-refractivity contribution is 7.90. The summed E-state index contributed by atoms with van der Waals surface area (Å²) in [6.07, 6.45) is 1.68. The van der Waals surface area contributed by atoms with Crippen LogP contribution >= 0.6 is 11.3 Å². The van der Waals surface area contributed by atoms with E-state index in [2.05, 4.69) is 9.50 Å². The fourth-order valence-electron chi connectivity index (χ4n) is 1.88. The maximum Gasteiger partial charge on any atom is 0.285 e. The molecule has 1 aliphatic heterocycles. The van der Waals surface area contributed by atoms with Gasteiger partial charge < -0.3 is 0 Å². The van der Waals surface area contributed by atoms with Crippen molar-refractivity contribution in [1.29, 1.82) is 0 Å². The first-order chi connectivity index (χ1) is 9.58. The van der Waals surface area contributed by atoms with Crippen LogP contribution in [0.1, 0.15) is 10.4 Å². The minimum atomic E-state index is -3.60. The van der Waals surface area contributed by atoms with Crippen molar-refractivity contribution in [3.8, 4) is 0 Å². The number of benzene rings is 1. The van der Waals surface area contributed by atoms with Gasteiger partial charge in [0, 0.05) is 17.5 Å². The van der Waals surface area contributed by atoms with E-state index in [0.29, 0.717) is 11.4 Å². The van der Waals surface area contributed by atoms with Gasteiger partial charge in [-0.2, -0.15) is 13.5 Å². The van der Waals surface area contributed by atoms with E-state index in [0.717, 1.165) is 4.88 Å². The van der Waals surface area contributed by atoms with E-state index in [4.69, 9.17) is 0 Å². The van der Waals surface area contributed by atoms with Crippen LogP contribution in [0.4, 0.5) is 0 Å². The number of rotatable bonds is 2. The van der Waals surface area contributed by atoms with E-state index in [1.165, 1.54) is 5.01 Å². The second kappa shape index (κ2) is 4.84. The first-order valence-corrected chi connectivity index (χ1v) is 8.15. The molecule has 0 aliphatic carbocycles. The van der Waals surface area contributed by atoms with Crippen molar-refractivity contribution in [2.24, 2.45) is 9.50 Å². The molecule has 0 atom stereocenters. The van der Waals surface area contributed by atoms with Gasteiger partial charge in [-0.1, -0.05) is 18.2 Å². The number of fused-ring (bicyclic) bond motifs is 1. The molecule has 0 N–H and O–H groups in total. The Morgan fingerprint density at radius 3 is 2.80 bits per heavy atom. The first-order valence-electron chi connectivity index (χ1n) is 5.83. The maximum atomic E-state index is 11.9. The third-order valence-electron chi connectivity index (χ3n) is 2.82. The minimum Gasteiger partial charge on any atom is -0.250 e. The van der Waals surface area contributed by atoms with Crippen LogP contribution < -0.4 is 0 Å². The van der Waals surface area contributed by atoms with E-state index in [1.54, 1.807) is 48.9 Å². The average Bonchev–Trinajstić information content (AvgIpc) is 3.03. The molecule has 2 aromatic rings. The molecule has 20 heavy (non-hydrogen) atoms. The Morgan fingerprint density at radius 2 is 2.05 bits per heavy atom. The summed E-state index contributed by atoms with van der Waals surface area (Å²) >= 11 is 1.56. The van der Waals surface area contributed by atoms with Gasteiger partial charge in [0.15, 0.2) is 5.84 Å². The summed E-state index contributed by atoms with van der Waals surface area (Å²) < 4.78 is 27.7. The van der Waals surface area contributed by atoms with Gasteiger partial charge in [0.2, 0.25) is 0 Å². The van der Waals surface area contributed by atoms with Gasteiger partial charge in [0.25, 0.3) is 10.0 Å². The summed E-state index contributed by atoms with van der Waals surface area (Å²) in [6, 6.07) is 10.6. The molecule has 1 aromatic carbocycles. The molecule has 0 fully saturated rings. The van der Waals surface area contributed by atoms with Crippen LogP contribution in [0.25, 0.3) is 0 Å². The fourth-order valence-corrected chi connectivity index (χ4v) is 3.69.